The first kappa shape index (κ1) is 82.8. The van der Waals surface area contributed by atoms with E-state index in [-0.39, 0.29) is 65.3 Å². The summed E-state index contributed by atoms with van der Waals surface area (Å²) in [5.74, 6) is 0. The largest absolute Gasteiger partial charge is 0.409 e. The maximum Gasteiger partial charge on any atom is 0.328 e. The van der Waals surface area contributed by atoms with Crippen LogP contribution < -0.4 is 0 Å². The highest BCUT2D eigenvalue weighted by atomic mass is 31.2. The third kappa shape index (κ3) is 20.7. The average Bonchev–Trinajstić information content (AvgIpc) is 1.87. The molecule has 4 fully saturated rings. The summed E-state index contributed by atoms with van der Waals surface area (Å²) in [6.45, 7) is 70.4. The summed E-state index contributed by atoms with van der Waals surface area (Å²) in [6.07, 6.45) is -9.47. The van der Waals surface area contributed by atoms with E-state index in [2.05, 4.69) is 182 Å². The minimum absolute atomic E-state index is 0.0851. The number of hydrogen-bond acceptors (Lipinski definition) is 19. The lowest BCUT2D eigenvalue weighted by Gasteiger charge is -2.46. The molecule has 0 aromatic rings. The van der Waals surface area contributed by atoms with Crippen LogP contribution in [0, 0.1) is 0 Å². The van der Waals surface area contributed by atoms with Gasteiger partial charge in [-0.3, -0.25) is 31.9 Å². The first-order chi connectivity index (χ1) is 40.1. The molecule has 0 aliphatic carbocycles. The molecule has 4 heterocycles. The van der Waals surface area contributed by atoms with Crippen LogP contribution in [0.5, 0.6) is 0 Å². The van der Waals surface area contributed by atoms with E-state index in [1.807, 2.05) is 34.6 Å². The van der Waals surface area contributed by atoms with Crippen molar-refractivity contribution in [2.75, 3.05) is 46.5 Å². The highest BCUT2D eigenvalue weighted by Gasteiger charge is 2.58. The van der Waals surface area contributed by atoms with Crippen LogP contribution >= 0.6 is 31.1 Å². The number of rotatable bonds is 32. The third-order valence-electron chi connectivity index (χ3n) is 20.3. The predicted octanol–water partition coefficient (Wildman–Crippen LogP) is 17.4. The van der Waals surface area contributed by atoms with Crippen molar-refractivity contribution in [3.63, 3.8) is 0 Å². The molecule has 0 bridgehead atoms. The standard InChI is InChI=1S/C62H131NO18P4Si4/c1-35-48-57(53(45(13)70-48)78-86(29,30)60(16,17)18)75-83(26,64)68-37-50-59(55(47(15)72-50)80-88(33,34)62(22,23)24)77-85(28,66)69-38-51-58(54(46(14)73-51)79-87(31,32)61(19,20)21)76-84(27,65)67-36-49-56(74-82(25)63(39(2)3)40(4)5)52(44(12)71-49)81-89(41(6)7,42(8)9)43(10)11/h39-59H,35-38H2,1-34H3/t44-,45-,46-,47-,48+,49+,50+,51+,52?,53?,54?,55?,56-,57-,58-,59-,82?,83?,84?,85?/m0/s1. The molecule has 0 N–H and O–H groups in total. The smallest absolute Gasteiger partial charge is 0.328 e. The molecule has 8 unspecified atom stereocenters. The van der Waals surface area contributed by atoms with Crippen LogP contribution in [0.2, 0.25) is 71.0 Å². The van der Waals surface area contributed by atoms with Crippen molar-refractivity contribution < 1.29 is 82.0 Å². The summed E-state index contributed by atoms with van der Waals surface area (Å²) in [5.41, 5.74) is 0.959. The van der Waals surface area contributed by atoms with Gasteiger partial charge in [0.25, 0.3) is 0 Å². The molecular formula is C62H131NO18P4Si4. The zero-order valence-electron chi connectivity index (χ0n) is 62.0. The molecule has 4 rings (SSSR count). The summed E-state index contributed by atoms with van der Waals surface area (Å²) in [5, 5.41) is -0.500. The molecule has 528 valence electrons. The van der Waals surface area contributed by atoms with E-state index in [0.29, 0.717) is 23.0 Å². The average molecular weight is 1410 g/mol. The molecule has 4 aliphatic rings. The lowest BCUT2D eigenvalue weighted by Crippen LogP contribution is -2.54. The van der Waals surface area contributed by atoms with Crippen molar-refractivity contribution >= 4 is 64.4 Å². The van der Waals surface area contributed by atoms with Gasteiger partial charge in [0.2, 0.25) is 8.32 Å². The molecule has 20 atom stereocenters. The monoisotopic (exact) mass is 1410 g/mol. The van der Waals surface area contributed by atoms with E-state index < -0.39 is 144 Å². The molecule has 4 aliphatic heterocycles. The topological polar surface area (TPSA) is 193 Å². The highest BCUT2D eigenvalue weighted by Crippen LogP contribution is 2.57. The fraction of sp³-hybridized carbons (Fsp3) is 1.00. The van der Waals surface area contributed by atoms with Gasteiger partial charge in [0, 0.05) is 32.1 Å². The highest BCUT2D eigenvalue weighted by molar-refractivity contribution is 7.53. The molecule has 0 amide bonds. The second-order valence-corrected chi connectivity index (χ2v) is 59.7. The first-order valence-electron chi connectivity index (χ1n) is 33.3. The molecule has 19 nitrogen and oxygen atoms in total. The Hall–Kier alpha value is 1.35. The Morgan fingerprint density at radius 1 is 0.427 bits per heavy atom. The molecule has 0 aromatic carbocycles. The Balaban J connectivity index is 1.67. The second kappa shape index (κ2) is 31.3. The quantitative estimate of drug-likeness (QED) is 0.0455. The summed E-state index contributed by atoms with van der Waals surface area (Å²) < 4.78 is 149. The van der Waals surface area contributed by atoms with Crippen molar-refractivity contribution in [2.24, 2.45) is 0 Å². The predicted molar refractivity (Wildman–Crippen MR) is 373 cm³/mol. The van der Waals surface area contributed by atoms with E-state index in [0.717, 1.165) is 0 Å². The van der Waals surface area contributed by atoms with Crippen molar-refractivity contribution in [2.45, 2.75) is 353 Å². The van der Waals surface area contributed by atoms with Crippen molar-refractivity contribution in [3.8, 4) is 0 Å². The van der Waals surface area contributed by atoms with Gasteiger partial charge < -0.3 is 54.7 Å². The molecule has 89 heavy (non-hydrogen) atoms. The van der Waals surface area contributed by atoms with E-state index in [1.165, 1.54) is 20.0 Å². The van der Waals surface area contributed by atoms with Crippen molar-refractivity contribution in [1.29, 1.82) is 0 Å². The molecule has 27 heteroatoms. The van der Waals surface area contributed by atoms with Crippen LogP contribution in [0.1, 0.15) is 173 Å². The fourth-order valence-corrected chi connectivity index (χ4v) is 27.8. The van der Waals surface area contributed by atoms with Gasteiger partial charge in [0.15, 0.2) is 25.0 Å². The van der Waals surface area contributed by atoms with Crippen LogP contribution in [-0.4, -0.2) is 194 Å². The van der Waals surface area contributed by atoms with Gasteiger partial charge in [-0.2, -0.15) is 0 Å². The Morgan fingerprint density at radius 3 is 0.921 bits per heavy atom. The summed E-state index contributed by atoms with van der Waals surface area (Å²) in [6, 6.07) is 0.443. The second-order valence-electron chi connectivity index (χ2n) is 32.4. The maximum atomic E-state index is 15.2. The minimum atomic E-state index is -4.09. The molecule has 4 saturated heterocycles. The fourth-order valence-electron chi connectivity index (χ4n) is 12.6. The van der Waals surface area contributed by atoms with Crippen LogP contribution in [0.25, 0.3) is 0 Å². The van der Waals surface area contributed by atoms with Crippen LogP contribution in [0.3, 0.4) is 0 Å². The molecule has 0 spiro atoms. The van der Waals surface area contributed by atoms with Gasteiger partial charge in [-0.05, 0) is 139 Å². The molecule has 0 saturated carbocycles. The Bertz CT molecular complexity index is 2360. The van der Waals surface area contributed by atoms with Crippen LogP contribution in [0.4, 0.5) is 0 Å². The molecular weight excluding hydrogens is 1280 g/mol. The molecule has 0 radical (unpaired) electrons. The zero-order chi connectivity index (χ0) is 68.7. The van der Waals surface area contributed by atoms with Crippen LogP contribution in [-0.2, 0) is 82.0 Å². The normalized spacial score (nSPS) is 33.2. The number of ether oxygens (including phenoxy) is 4. The van der Waals surface area contributed by atoms with Crippen molar-refractivity contribution in [1.82, 2.24) is 4.67 Å². The Kier molecular flexibility index (Phi) is 29.1. The van der Waals surface area contributed by atoms with Gasteiger partial charge in [0.05, 0.1) is 50.3 Å². The first-order valence-corrected chi connectivity index (χ1v) is 51.8. The third-order valence-corrected chi connectivity index (χ3v) is 45.7. The lowest BCUT2D eigenvalue weighted by atomic mass is 10.1. The zero-order valence-corrected chi connectivity index (χ0v) is 69.6. The minimum Gasteiger partial charge on any atom is -0.409 e. The van der Waals surface area contributed by atoms with Gasteiger partial charge in [0.1, 0.15) is 75.4 Å². The van der Waals surface area contributed by atoms with Crippen LogP contribution in [0.15, 0.2) is 0 Å². The SMILES string of the molecule is CC[C@H]1O[C@@H](C)C(O[Si](C)(C)C(C)(C)C)[C@H]1OP(C)(=O)OC[C@H]1O[C@@H](C)C(O[Si](C)(C)C(C)(C)C)[C@H]1OP(C)(=O)OC[C@H]1O[C@@H](C)C(O[Si](C)(C)C(C)(C)C)[C@H]1OP(C)(=O)OC[C@H]1O[C@@H](C)C(O[Si](C(C)C)(C(C)C)C(C)C)[C@H]1OP(C)N(C(C)C)C(C)C. The number of hydrogen-bond donors (Lipinski definition) is 0. The van der Waals surface area contributed by atoms with Gasteiger partial charge >= 0.3 is 22.8 Å². The summed E-state index contributed by atoms with van der Waals surface area (Å²) >= 11 is 0. The van der Waals surface area contributed by atoms with Gasteiger partial charge in [-0.25, -0.2) is 0 Å². The Labute approximate surface area is 547 Å². The Morgan fingerprint density at radius 2 is 0.674 bits per heavy atom. The summed E-state index contributed by atoms with van der Waals surface area (Å²) in [4.78, 5) is 0. The maximum absolute atomic E-state index is 15.2. The van der Waals surface area contributed by atoms with Crippen molar-refractivity contribution in [3.05, 3.63) is 0 Å². The van der Waals surface area contributed by atoms with Gasteiger partial charge in [-0.15, -0.1) is 0 Å². The van der Waals surface area contributed by atoms with E-state index in [4.69, 9.17) is 68.3 Å². The van der Waals surface area contributed by atoms with E-state index >= 15 is 9.13 Å². The van der Waals surface area contributed by atoms with Gasteiger partial charge in [-0.1, -0.05) is 111 Å². The summed E-state index contributed by atoms with van der Waals surface area (Å²) in [7, 11) is -22.9. The van der Waals surface area contributed by atoms with E-state index in [1.54, 1.807) is 0 Å². The molecule has 0 aromatic heterocycles. The van der Waals surface area contributed by atoms with E-state index in [9.17, 15) is 4.57 Å². The lowest BCUT2D eigenvalue weighted by molar-refractivity contribution is -0.0303. The number of nitrogens with zero attached hydrogens (tertiary/aromatic N) is 1.